The van der Waals surface area contributed by atoms with Crippen molar-refractivity contribution in [3.8, 4) is 89.0 Å². The Balaban J connectivity index is 1.09. The summed E-state index contributed by atoms with van der Waals surface area (Å²) in [6, 6.07) is 81.9. The predicted octanol–water partition coefficient (Wildman–Crippen LogP) is 18.0. The van der Waals surface area contributed by atoms with E-state index in [2.05, 4.69) is 218 Å². The van der Waals surface area contributed by atoms with Gasteiger partial charge in [-0.1, -0.05) is 218 Å². The molecule has 292 valence electrons. The van der Waals surface area contributed by atoms with Crippen LogP contribution in [-0.2, 0) is 0 Å². The zero-order chi connectivity index (χ0) is 41.6. The largest absolute Gasteiger partial charge is 0.0622 e. The van der Waals surface area contributed by atoms with Gasteiger partial charge < -0.3 is 0 Å². The van der Waals surface area contributed by atoms with E-state index in [1.54, 1.807) is 0 Å². The first kappa shape index (κ1) is 34.3. The monoisotopic (exact) mass is 804 g/mol. The van der Waals surface area contributed by atoms with Gasteiger partial charge in [-0.3, -0.25) is 0 Å². The average Bonchev–Trinajstić information content (AvgIpc) is 3.88. The summed E-state index contributed by atoms with van der Waals surface area (Å²) >= 11 is 0. The van der Waals surface area contributed by atoms with Crippen molar-refractivity contribution < 1.29 is 0 Å². The molecule has 0 nitrogen and oxygen atoms in total. The van der Waals surface area contributed by atoms with Crippen molar-refractivity contribution in [1.29, 1.82) is 0 Å². The minimum absolute atomic E-state index is 1.25. The molecule has 0 bridgehead atoms. The second kappa shape index (κ2) is 12.6. The summed E-state index contributed by atoms with van der Waals surface area (Å²) in [5, 5.41) is 15.9. The van der Waals surface area contributed by atoms with Crippen molar-refractivity contribution in [3.05, 3.63) is 218 Å². The second-order valence-corrected chi connectivity index (χ2v) is 17.7. The maximum atomic E-state index is 2.45. The molecule has 2 aliphatic carbocycles. The van der Waals surface area contributed by atoms with Crippen LogP contribution in [0.3, 0.4) is 0 Å². The average molecular weight is 805 g/mol. The molecule has 2 aliphatic rings. The first-order chi connectivity index (χ1) is 31.8. The quantitative estimate of drug-likeness (QED) is 0.123. The van der Waals surface area contributed by atoms with E-state index in [0.717, 1.165) is 0 Å². The van der Waals surface area contributed by atoms with Gasteiger partial charge in [0.1, 0.15) is 0 Å². The van der Waals surface area contributed by atoms with Crippen molar-refractivity contribution in [3.63, 3.8) is 0 Å². The molecule has 0 heterocycles. The van der Waals surface area contributed by atoms with E-state index in [-0.39, 0.29) is 0 Å². The molecule has 0 aromatic heterocycles. The Kier molecular flexibility index (Phi) is 6.77. The highest BCUT2D eigenvalue weighted by molar-refractivity contribution is 6.42. The molecular formula is C64H36. The van der Waals surface area contributed by atoms with Crippen LogP contribution in [0.1, 0.15) is 0 Å². The van der Waals surface area contributed by atoms with Crippen molar-refractivity contribution in [2.45, 2.75) is 0 Å². The lowest BCUT2D eigenvalue weighted by molar-refractivity contribution is 1.62. The molecule has 13 aromatic rings. The Morgan fingerprint density at radius 3 is 0.594 bits per heavy atom. The lowest BCUT2D eigenvalue weighted by atomic mass is 9.82. The van der Waals surface area contributed by atoms with Gasteiger partial charge in [-0.05, 0) is 154 Å². The smallest absolute Gasteiger partial charge is 0.000740 e. The van der Waals surface area contributed by atoms with E-state index in [4.69, 9.17) is 0 Å². The molecule has 0 atom stereocenters. The van der Waals surface area contributed by atoms with Gasteiger partial charge in [0.2, 0.25) is 0 Å². The lowest BCUT2D eigenvalue weighted by Gasteiger charge is -2.20. The molecule has 0 N–H and O–H groups in total. The van der Waals surface area contributed by atoms with Crippen molar-refractivity contribution in [1.82, 2.24) is 0 Å². The number of benzene rings is 13. The van der Waals surface area contributed by atoms with Crippen LogP contribution in [0.25, 0.3) is 154 Å². The molecule has 0 heteroatoms. The van der Waals surface area contributed by atoms with E-state index in [9.17, 15) is 0 Å². The fraction of sp³-hybridized carbons (Fsp3) is 0. The molecule has 13 aromatic carbocycles. The Morgan fingerprint density at radius 2 is 0.359 bits per heavy atom. The highest BCUT2D eigenvalue weighted by atomic mass is 14.4. The molecule has 0 aliphatic heterocycles. The third kappa shape index (κ3) is 4.32. The van der Waals surface area contributed by atoms with Crippen LogP contribution in [0.5, 0.6) is 0 Å². The van der Waals surface area contributed by atoms with Crippen molar-refractivity contribution >= 4 is 64.6 Å². The van der Waals surface area contributed by atoms with Crippen LogP contribution in [0.2, 0.25) is 0 Å². The summed E-state index contributed by atoms with van der Waals surface area (Å²) in [6.45, 7) is 0. The molecule has 0 unspecified atom stereocenters. The lowest BCUT2D eigenvalue weighted by Crippen LogP contribution is -1.93. The number of hydrogen-bond donors (Lipinski definition) is 0. The fourth-order valence-electron chi connectivity index (χ4n) is 12.3. The Labute approximate surface area is 370 Å². The normalized spacial score (nSPS) is 12.4. The van der Waals surface area contributed by atoms with E-state index in [1.165, 1.54) is 154 Å². The summed E-state index contributed by atoms with van der Waals surface area (Å²) in [4.78, 5) is 0. The highest BCUT2D eigenvalue weighted by Crippen LogP contribution is 2.62. The molecule has 0 radical (unpaired) electrons. The molecule has 64 heavy (non-hydrogen) atoms. The minimum Gasteiger partial charge on any atom is -0.0622 e. The highest BCUT2D eigenvalue weighted by Gasteiger charge is 2.35. The van der Waals surface area contributed by atoms with Gasteiger partial charge in [0.05, 0.1) is 0 Å². The van der Waals surface area contributed by atoms with Crippen LogP contribution in [0, 0.1) is 0 Å². The van der Waals surface area contributed by atoms with Gasteiger partial charge in [0.15, 0.2) is 0 Å². The second-order valence-electron chi connectivity index (χ2n) is 17.7. The minimum atomic E-state index is 1.25. The van der Waals surface area contributed by atoms with Crippen LogP contribution >= 0.6 is 0 Å². The molecular weight excluding hydrogens is 769 g/mol. The maximum Gasteiger partial charge on any atom is -0.000740 e. The molecule has 0 amide bonds. The van der Waals surface area contributed by atoms with Crippen molar-refractivity contribution in [2.24, 2.45) is 0 Å². The zero-order valence-electron chi connectivity index (χ0n) is 34.8. The summed E-state index contributed by atoms with van der Waals surface area (Å²) in [7, 11) is 0. The SMILES string of the molecule is c1ccc(-c2c3c(c(-c4ccccc4)c4ccccc24)-c2ccc4c5ccc6c7c(ccc(c8ccc-3c2c84)c75)-c2c-6c(-c3ccccc3)c3ccccc3c2-c2ccccc2)cc1. The summed E-state index contributed by atoms with van der Waals surface area (Å²) in [5.74, 6) is 0. The summed E-state index contributed by atoms with van der Waals surface area (Å²) < 4.78 is 0. The third-order valence-electron chi connectivity index (χ3n) is 14.7. The van der Waals surface area contributed by atoms with Crippen LogP contribution in [-0.4, -0.2) is 0 Å². The van der Waals surface area contributed by atoms with Gasteiger partial charge in [-0.2, -0.15) is 0 Å². The van der Waals surface area contributed by atoms with Gasteiger partial charge in [0.25, 0.3) is 0 Å². The summed E-state index contributed by atoms with van der Waals surface area (Å²) in [6.07, 6.45) is 0. The van der Waals surface area contributed by atoms with E-state index < -0.39 is 0 Å². The topological polar surface area (TPSA) is 0 Å². The summed E-state index contributed by atoms with van der Waals surface area (Å²) in [5.41, 5.74) is 20.9. The standard InChI is InChI=1S/C64H36/c1-5-17-37(18-6-1)53-41-25-13-14-26-42(41)54(38-19-7-2-8-20-38)62-50-34-30-46-48-32-36-52-60-51(35-31-47(58(48)60)45-29-33-49(61(53)62)59(50)57(45)46)63-55(39-21-9-3-10-22-39)43-27-15-16-28-44(43)56(64(52)63)40-23-11-4-12-24-40/h1-36H. The zero-order valence-corrected chi connectivity index (χ0v) is 34.8. The molecule has 0 saturated carbocycles. The van der Waals surface area contributed by atoms with Gasteiger partial charge in [-0.15, -0.1) is 0 Å². The van der Waals surface area contributed by atoms with Crippen LogP contribution in [0.15, 0.2) is 218 Å². The molecule has 0 spiro atoms. The number of rotatable bonds is 4. The van der Waals surface area contributed by atoms with Crippen molar-refractivity contribution in [2.75, 3.05) is 0 Å². The fourth-order valence-corrected chi connectivity index (χ4v) is 12.3. The van der Waals surface area contributed by atoms with Gasteiger partial charge in [-0.25, -0.2) is 0 Å². The van der Waals surface area contributed by atoms with E-state index in [1.807, 2.05) is 0 Å². The van der Waals surface area contributed by atoms with Gasteiger partial charge >= 0.3 is 0 Å². The van der Waals surface area contributed by atoms with Crippen LogP contribution < -0.4 is 0 Å². The van der Waals surface area contributed by atoms with E-state index in [0.29, 0.717) is 0 Å². The molecule has 0 saturated heterocycles. The first-order valence-electron chi connectivity index (χ1n) is 22.4. The Morgan fingerprint density at radius 1 is 0.141 bits per heavy atom. The number of fused-ring (bicyclic) bond motifs is 10. The first-order valence-corrected chi connectivity index (χ1v) is 22.4. The van der Waals surface area contributed by atoms with Gasteiger partial charge in [0, 0.05) is 0 Å². The van der Waals surface area contributed by atoms with Crippen LogP contribution in [0.4, 0.5) is 0 Å². The Hall–Kier alpha value is -8.32. The van der Waals surface area contributed by atoms with E-state index >= 15 is 0 Å². The maximum absolute atomic E-state index is 2.45. The predicted molar refractivity (Wildman–Crippen MR) is 273 cm³/mol. The molecule has 15 rings (SSSR count). The molecule has 0 fully saturated rings. The third-order valence-corrected chi connectivity index (χ3v) is 14.7. The number of hydrogen-bond acceptors (Lipinski definition) is 0. The Bertz CT molecular complexity index is 3590.